The van der Waals surface area contributed by atoms with Crippen molar-refractivity contribution in [2.75, 3.05) is 13.1 Å². The predicted molar refractivity (Wildman–Crippen MR) is 100 cm³/mol. The Labute approximate surface area is 165 Å². The van der Waals surface area contributed by atoms with Crippen molar-refractivity contribution in [1.82, 2.24) is 10.6 Å². The minimum atomic E-state index is -4.45. The summed E-state index contributed by atoms with van der Waals surface area (Å²) in [4.78, 5) is 24.5. The molecule has 1 aliphatic carbocycles. The van der Waals surface area contributed by atoms with Crippen molar-refractivity contribution < 1.29 is 27.9 Å². The van der Waals surface area contributed by atoms with Crippen LogP contribution in [0, 0.1) is 0 Å². The van der Waals surface area contributed by atoms with Crippen molar-refractivity contribution in [3.63, 3.8) is 0 Å². The number of phenols is 1. The Balaban J connectivity index is 1.48. The maximum Gasteiger partial charge on any atom is 0.416 e. The summed E-state index contributed by atoms with van der Waals surface area (Å²) in [6.07, 6.45) is -2.96. The maximum absolute atomic E-state index is 12.9. The van der Waals surface area contributed by atoms with E-state index in [1.165, 1.54) is 18.2 Å². The van der Waals surface area contributed by atoms with E-state index in [-0.39, 0.29) is 17.6 Å². The number of aromatic hydroxyl groups is 1. The molecule has 0 radical (unpaired) electrons. The van der Waals surface area contributed by atoms with Gasteiger partial charge in [-0.3, -0.25) is 9.59 Å². The molecule has 29 heavy (non-hydrogen) atoms. The first kappa shape index (κ1) is 20.7. The van der Waals surface area contributed by atoms with Gasteiger partial charge in [-0.1, -0.05) is 24.3 Å². The lowest BCUT2D eigenvalue weighted by molar-refractivity contribution is -0.137. The van der Waals surface area contributed by atoms with Crippen LogP contribution in [0.1, 0.15) is 40.7 Å². The van der Waals surface area contributed by atoms with Crippen molar-refractivity contribution in [2.45, 2.75) is 30.9 Å². The van der Waals surface area contributed by atoms with E-state index in [0.717, 1.165) is 12.1 Å². The van der Waals surface area contributed by atoms with Gasteiger partial charge in [0.25, 0.3) is 5.91 Å². The summed E-state index contributed by atoms with van der Waals surface area (Å²) in [6.45, 7) is 0.602. The molecule has 154 valence electrons. The molecule has 3 N–H and O–H groups in total. The molecular formula is C21H21F3N2O3. The molecular weight excluding hydrogens is 385 g/mol. The largest absolute Gasteiger partial charge is 0.508 e. The SMILES string of the molecule is O=C(NCCCNC(=O)C1(c2cccc(C(F)(F)F)c2)CC1)c1cccc(O)c1. The molecule has 2 amide bonds. The van der Waals surface area contributed by atoms with Crippen LogP contribution in [0.25, 0.3) is 0 Å². The highest BCUT2D eigenvalue weighted by molar-refractivity contribution is 5.94. The van der Waals surface area contributed by atoms with E-state index < -0.39 is 17.2 Å². The van der Waals surface area contributed by atoms with Crippen molar-refractivity contribution in [2.24, 2.45) is 0 Å². The second-order valence-corrected chi connectivity index (χ2v) is 7.08. The fourth-order valence-electron chi connectivity index (χ4n) is 3.18. The molecule has 1 aliphatic rings. The van der Waals surface area contributed by atoms with Crippen molar-refractivity contribution in [3.05, 3.63) is 65.2 Å². The van der Waals surface area contributed by atoms with Gasteiger partial charge in [-0.2, -0.15) is 13.2 Å². The van der Waals surface area contributed by atoms with Gasteiger partial charge in [-0.15, -0.1) is 0 Å². The Morgan fingerprint density at radius 2 is 1.69 bits per heavy atom. The van der Waals surface area contributed by atoms with Crippen LogP contribution in [0.15, 0.2) is 48.5 Å². The molecule has 5 nitrogen and oxygen atoms in total. The molecule has 2 aromatic carbocycles. The summed E-state index contributed by atoms with van der Waals surface area (Å²) in [7, 11) is 0. The molecule has 0 unspecified atom stereocenters. The van der Waals surface area contributed by atoms with E-state index in [9.17, 15) is 27.9 Å². The summed E-state index contributed by atoms with van der Waals surface area (Å²) in [5, 5.41) is 14.8. The highest BCUT2D eigenvalue weighted by atomic mass is 19.4. The van der Waals surface area contributed by atoms with E-state index in [1.54, 1.807) is 18.2 Å². The number of alkyl halides is 3. The van der Waals surface area contributed by atoms with Crippen LogP contribution in [0.3, 0.4) is 0 Å². The normalized spacial score (nSPS) is 14.9. The van der Waals surface area contributed by atoms with Crippen LogP contribution in [-0.2, 0) is 16.4 Å². The molecule has 1 saturated carbocycles. The van der Waals surface area contributed by atoms with Gasteiger partial charge in [0.15, 0.2) is 0 Å². The summed E-state index contributed by atoms with van der Waals surface area (Å²) in [6, 6.07) is 10.9. The number of hydrogen-bond donors (Lipinski definition) is 3. The third-order valence-corrected chi connectivity index (χ3v) is 4.96. The average Bonchev–Trinajstić information content (AvgIpc) is 3.49. The molecule has 8 heteroatoms. The molecule has 0 aromatic heterocycles. The van der Waals surface area contributed by atoms with Gasteiger partial charge in [0.1, 0.15) is 5.75 Å². The van der Waals surface area contributed by atoms with Gasteiger partial charge in [0.2, 0.25) is 5.91 Å². The number of rotatable bonds is 7. The Kier molecular flexibility index (Phi) is 5.81. The van der Waals surface area contributed by atoms with Crippen LogP contribution in [0.5, 0.6) is 5.75 Å². The fourth-order valence-corrected chi connectivity index (χ4v) is 3.18. The van der Waals surface area contributed by atoms with Crippen LogP contribution < -0.4 is 10.6 Å². The monoisotopic (exact) mass is 406 g/mol. The second-order valence-electron chi connectivity index (χ2n) is 7.08. The first-order valence-corrected chi connectivity index (χ1v) is 9.26. The Bertz CT molecular complexity index is 908. The Hall–Kier alpha value is -3.03. The molecule has 0 saturated heterocycles. The third-order valence-electron chi connectivity index (χ3n) is 4.96. The zero-order valence-corrected chi connectivity index (χ0v) is 15.6. The smallest absolute Gasteiger partial charge is 0.416 e. The van der Waals surface area contributed by atoms with Gasteiger partial charge in [-0.25, -0.2) is 0 Å². The number of phenolic OH excluding ortho intramolecular Hbond substituents is 1. The molecule has 0 spiro atoms. The zero-order valence-electron chi connectivity index (χ0n) is 15.6. The highest BCUT2D eigenvalue weighted by Crippen LogP contribution is 2.49. The van der Waals surface area contributed by atoms with Gasteiger partial charge >= 0.3 is 6.18 Å². The predicted octanol–water partition coefficient (Wildman–Crippen LogP) is 3.38. The number of carbonyl (C=O) groups is 2. The number of halogens is 3. The Morgan fingerprint density at radius 1 is 1.00 bits per heavy atom. The van der Waals surface area contributed by atoms with E-state index in [4.69, 9.17) is 0 Å². The summed E-state index contributed by atoms with van der Waals surface area (Å²) in [5.41, 5.74) is -0.951. The summed E-state index contributed by atoms with van der Waals surface area (Å²) < 4.78 is 38.8. The average molecular weight is 406 g/mol. The highest BCUT2D eigenvalue weighted by Gasteiger charge is 2.51. The van der Waals surface area contributed by atoms with Gasteiger partial charge in [-0.05, 0) is 49.1 Å². The van der Waals surface area contributed by atoms with Crippen LogP contribution in [0.4, 0.5) is 13.2 Å². The van der Waals surface area contributed by atoms with Crippen LogP contribution >= 0.6 is 0 Å². The first-order valence-electron chi connectivity index (χ1n) is 9.26. The summed E-state index contributed by atoms with van der Waals surface area (Å²) in [5.74, 6) is -0.639. The molecule has 0 heterocycles. The molecule has 3 rings (SSSR count). The zero-order chi connectivity index (χ0) is 21.1. The van der Waals surface area contributed by atoms with E-state index in [0.29, 0.717) is 43.5 Å². The van der Waals surface area contributed by atoms with Crippen molar-refractivity contribution in [3.8, 4) is 5.75 Å². The number of hydrogen-bond acceptors (Lipinski definition) is 3. The lowest BCUT2D eigenvalue weighted by Gasteiger charge is -2.17. The van der Waals surface area contributed by atoms with E-state index in [1.807, 2.05) is 0 Å². The fraction of sp³-hybridized carbons (Fsp3) is 0.333. The van der Waals surface area contributed by atoms with Crippen molar-refractivity contribution >= 4 is 11.8 Å². The molecule has 0 aliphatic heterocycles. The number of amides is 2. The topological polar surface area (TPSA) is 78.4 Å². The first-order chi connectivity index (χ1) is 13.7. The maximum atomic E-state index is 12.9. The molecule has 0 bridgehead atoms. The second kappa shape index (κ2) is 8.14. The minimum absolute atomic E-state index is 0.00534. The van der Waals surface area contributed by atoms with Crippen molar-refractivity contribution in [1.29, 1.82) is 0 Å². The van der Waals surface area contributed by atoms with Gasteiger partial charge in [0, 0.05) is 18.7 Å². The van der Waals surface area contributed by atoms with Gasteiger partial charge < -0.3 is 15.7 Å². The van der Waals surface area contributed by atoms with Crippen LogP contribution in [-0.4, -0.2) is 30.0 Å². The lowest BCUT2D eigenvalue weighted by Crippen LogP contribution is -2.36. The molecule has 0 atom stereocenters. The Morgan fingerprint density at radius 3 is 2.34 bits per heavy atom. The summed E-state index contributed by atoms with van der Waals surface area (Å²) >= 11 is 0. The number of benzene rings is 2. The lowest BCUT2D eigenvalue weighted by atomic mass is 9.93. The molecule has 2 aromatic rings. The van der Waals surface area contributed by atoms with E-state index >= 15 is 0 Å². The van der Waals surface area contributed by atoms with Crippen LogP contribution in [0.2, 0.25) is 0 Å². The minimum Gasteiger partial charge on any atom is -0.508 e. The standard InChI is InChI=1S/C21H21F3N2O3/c22-21(23,24)16-6-2-5-15(13-16)20(8-9-20)19(29)26-11-3-10-25-18(28)14-4-1-7-17(27)12-14/h1-2,4-7,12-13,27H,3,8-11H2,(H,25,28)(H,26,29). The quantitative estimate of drug-likeness (QED) is 0.617. The number of carbonyl (C=O) groups excluding carboxylic acids is 2. The van der Waals surface area contributed by atoms with E-state index in [2.05, 4.69) is 10.6 Å². The van der Waals surface area contributed by atoms with Gasteiger partial charge in [0.05, 0.1) is 11.0 Å². The third kappa shape index (κ3) is 4.88. The number of nitrogens with one attached hydrogen (secondary N) is 2. The molecule has 1 fully saturated rings.